The quantitative estimate of drug-likeness (QED) is 0.865. The van der Waals surface area contributed by atoms with Crippen molar-refractivity contribution in [2.24, 2.45) is 0 Å². The van der Waals surface area contributed by atoms with Crippen LogP contribution in [0, 0.1) is 6.92 Å². The van der Waals surface area contributed by atoms with E-state index in [0.29, 0.717) is 6.42 Å². The van der Waals surface area contributed by atoms with E-state index in [1.54, 1.807) is 11.3 Å². The lowest BCUT2D eigenvalue weighted by molar-refractivity contribution is -0.130. The molecule has 0 radical (unpaired) electrons. The van der Waals surface area contributed by atoms with Crippen LogP contribution in [0.3, 0.4) is 0 Å². The monoisotopic (exact) mass is 335 g/mol. The lowest BCUT2D eigenvalue weighted by atomic mass is 10.2. The molecule has 2 aromatic rings. The second kappa shape index (κ2) is 6.67. The van der Waals surface area contributed by atoms with Crippen molar-refractivity contribution >= 4 is 34.5 Å². The van der Waals surface area contributed by atoms with Crippen LogP contribution in [0.5, 0.6) is 0 Å². The Kier molecular flexibility index (Phi) is 4.64. The van der Waals surface area contributed by atoms with E-state index in [2.05, 4.69) is 16.0 Å². The average molecular weight is 336 g/mol. The lowest BCUT2D eigenvalue weighted by Gasteiger charge is -2.36. The molecule has 0 bridgehead atoms. The predicted octanol–water partition coefficient (Wildman–Crippen LogP) is 3.00. The average Bonchev–Trinajstić information content (AvgIpc) is 2.92. The highest BCUT2D eigenvalue weighted by Gasteiger charge is 2.22. The van der Waals surface area contributed by atoms with Crippen molar-refractivity contribution in [3.63, 3.8) is 0 Å². The Bertz CT molecular complexity index is 665. The summed E-state index contributed by atoms with van der Waals surface area (Å²) in [5.41, 5.74) is 2.00. The number of benzene rings is 1. The Labute approximate surface area is 139 Å². The van der Waals surface area contributed by atoms with Crippen molar-refractivity contribution in [2.75, 3.05) is 31.1 Å². The maximum absolute atomic E-state index is 12.3. The molecule has 116 valence electrons. The van der Waals surface area contributed by atoms with Gasteiger partial charge >= 0.3 is 0 Å². The summed E-state index contributed by atoms with van der Waals surface area (Å²) in [5, 5.41) is 3.72. The summed E-state index contributed by atoms with van der Waals surface area (Å²) in [7, 11) is 0. The molecule has 0 saturated carbocycles. The van der Waals surface area contributed by atoms with E-state index in [1.165, 1.54) is 0 Å². The third-order valence-electron chi connectivity index (χ3n) is 3.80. The number of nitrogens with zero attached hydrogens (tertiary/aromatic N) is 3. The number of carbonyl (C=O) groups excluding carboxylic acids is 1. The molecule has 22 heavy (non-hydrogen) atoms. The predicted molar refractivity (Wildman–Crippen MR) is 90.8 cm³/mol. The van der Waals surface area contributed by atoms with Crippen molar-refractivity contribution in [3.05, 3.63) is 45.4 Å². The maximum atomic E-state index is 12.3. The van der Waals surface area contributed by atoms with E-state index in [0.717, 1.165) is 47.6 Å². The van der Waals surface area contributed by atoms with Gasteiger partial charge in [-0.1, -0.05) is 17.7 Å². The molecule has 0 atom stereocenters. The summed E-state index contributed by atoms with van der Waals surface area (Å²) >= 11 is 7.63. The molecular formula is C16H18ClN3OS. The van der Waals surface area contributed by atoms with E-state index >= 15 is 0 Å². The summed E-state index contributed by atoms with van der Waals surface area (Å²) in [6.45, 7) is 5.12. The fourth-order valence-electron chi connectivity index (χ4n) is 2.64. The number of halogens is 1. The van der Waals surface area contributed by atoms with Crippen molar-refractivity contribution in [1.29, 1.82) is 0 Å². The molecule has 1 amide bonds. The van der Waals surface area contributed by atoms with Crippen LogP contribution in [0.4, 0.5) is 5.69 Å². The van der Waals surface area contributed by atoms with Crippen LogP contribution in [0.25, 0.3) is 0 Å². The van der Waals surface area contributed by atoms with Gasteiger partial charge in [-0.3, -0.25) is 4.79 Å². The Morgan fingerprint density at radius 1 is 1.32 bits per heavy atom. The largest absolute Gasteiger partial charge is 0.368 e. The molecule has 0 N–H and O–H groups in total. The molecule has 1 saturated heterocycles. The standard InChI is InChI=1S/C16H18ClN3OS/c1-12-18-14(11-22-12)10-16(21)20-7-5-19(6-8-20)15-4-2-3-13(17)9-15/h2-4,9,11H,5-8,10H2,1H3. The molecule has 0 aliphatic carbocycles. The summed E-state index contributed by atoms with van der Waals surface area (Å²) in [5.74, 6) is 0.163. The Balaban J connectivity index is 1.56. The van der Waals surface area contributed by atoms with Crippen LogP contribution in [0.15, 0.2) is 29.6 Å². The lowest BCUT2D eigenvalue weighted by Crippen LogP contribution is -2.49. The Morgan fingerprint density at radius 3 is 2.73 bits per heavy atom. The van der Waals surface area contributed by atoms with Gasteiger partial charge in [0.25, 0.3) is 0 Å². The van der Waals surface area contributed by atoms with Crippen molar-refractivity contribution in [3.8, 4) is 0 Å². The molecule has 2 heterocycles. The summed E-state index contributed by atoms with van der Waals surface area (Å²) in [4.78, 5) is 20.9. The van der Waals surface area contributed by atoms with Crippen molar-refractivity contribution < 1.29 is 4.79 Å². The Morgan fingerprint density at radius 2 is 2.09 bits per heavy atom. The molecule has 3 rings (SSSR count). The molecule has 1 aromatic heterocycles. The van der Waals surface area contributed by atoms with Gasteiger partial charge in [-0.15, -0.1) is 11.3 Å². The first-order valence-electron chi connectivity index (χ1n) is 7.31. The number of thiazole rings is 1. The molecule has 6 heteroatoms. The van der Waals surface area contributed by atoms with Crippen LogP contribution in [-0.2, 0) is 11.2 Å². The van der Waals surface area contributed by atoms with Gasteiger partial charge < -0.3 is 9.80 Å². The number of amides is 1. The van der Waals surface area contributed by atoms with E-state index in [-0.39, 0.29) is 5.91 Å². The van der Waals surface area contributed by atoms with E-state index < -0.39 is 0 Å². The maximum Gasteiger partial charge on any atom is 0.228 e. The zero-order valence-corrected chi connectivity index (χ0v) is 14.0. The molecule has 1 aliphatic rings. The minimum atomic E-state index is 0.163. The molecule has 1 aromatic carbocycles. The number of anilines is 1. The smallest absolute Gasteiger partial charge is 0.228 e. The zero-order chi connectivity index (χ0) is 15.5. The van der Waals surface area contributed by atoms with Crippen molar-refractivity contribution in [1.82, 2.24) is 9.88 Å². The summed E-state index contributed by atoms with van der Waals surface area (Å²) in [6.07, 6.45) is 0.404. The van der Waals surface area contributed by atoms with E-state index in [1.807, 2.05) is 35.4 Å². The highest BCUT2D eigenvalue weighted by Crippen LogP contribution is 2.21. The molecule has 1 fully saturated rings. The minimum Gasteiger partial charge on any atom is -0.368 e. The van der Waals surface area contributed by atoms with Crippen molar-refractivity contribution in [2.45, 2.75) is 13.3 Å². The second-order valence-corrected chi connectivity index (χ2v) is 6.88. The van der Waals surface area contributed by atoms with Gasteiger partial charge in [0, 0.05) is 42.3 Å². The van der Waals surface area contributed by atoms with Gasteiger partial charge in [0.1, 0.15) is 0 Å². The van der Waals surface area contributed by atoms with Gasteiger partial charge in [-0.05, 0) is 25.1 Å². The fraction of sp³-hybridized carbons (Fsp3) is 0.375. The number of hydrogen-bond acceptors (Lipinski definition) is 4. The Hall–Kier alpha value is -1.59. The first-order valence-corrected chi connectivity index (χ1v) is 8.57. The number of rotatable bonds is 3. The fourth-order valence-corrected chi connectivity index (χ4v) is 3.44. The van der Waals surface area contributed by atoms with Crippen LogP contribution in [0.1, 0.15) is 10.7 Å². The van der Waals surface area contributed by atoms with Crippen LogP contribution < -0.4 is 4.90 Å². The van der Waals surface area contributed by atoms with Crippen LogP contribution in [0.2, 0.25) is 5.02 Å². The SMILES string of the molecule is Cc1nc(CC(=O)N2CCN(c3cccc(Cl)c3)CC2)cs1. The van der Waals surface area contributed by atoms with Crippen LogP contribution >= 0.6 is 22.9 Å². The van der Waals surface area contributed by atoms with E-state index in [9.17, 15) is 4.79 Å². The molecule has 4 nitrogen and oxygen atoms in total. The highest BCUT2D eigenvalue weighted by molar-refractivity contribution is 7.09. The number of aromatic nitrogens is 1. The normalized spacial score (nSPS) is 15.2. The summed E-state index contributed by atoms with van der Waals surface area (Å²) < 4.78 is 0. The van der Waals surface area contributed by atoms with Gasteiger partial charge in [0.15, 0.2) is 0 Å². The molecule has 0 spiro atoms. The van der Waals surface area contributed by atoms with Gasteiger partial charge in [0.05, 0.1) is 17.1 Å². The first kappa shape index (κ1) is 15.3. The van der Waals surface area contributed by atoms with Gasteiger partial charge in [0.2, 0.25) is 5.91 Å². The second-order valence-electron chi connectivity index (χ2n) is 5.38. The topological polar surface area (TPSA) is 36.4 Å². The third-order valence-corrected chi connectivity index (χ3v) is 4.86. The minimum absolute atomic E-state index is 0.163. The number of piperazine rings is 1. The first-order chi connectivity index (χ1) is 10.6. The molecular weight excluding hydrogens is 318 g/mol. The number of carbonyl (C=O) groups is 1. The zero-order valence-electron chi connectivity index (χ0n) is 12.5. The third kappa shape index (κ3) is 3.59. The van der Waals surface area contributed by atoms with Gasteiger partial charge in [-0.25, -0.2) is 4.98 Å². The number of hydrogen-bond donors (Lipinski definition) is 0. The number of aryl methyl sites for hydroxylation is 1. The highest BCUT2D eigenvalue weighted by atomic mass is 35.5. The van der Waals surface area contributed by atoms with E-state index in [4.69, 9.17) is 11.6 Å². The molecule has 1 aliphatic heterocycles. The van der Waals surface area contributed by atoms with Gasteiger partial charge in [-0.2, -0.15) is 0 Å². The summed E-state index contributed by atoms with van der Waals surface area (Å²) in [6, 6.07) is 7.86. The molecule has 0 unspecified atom stereocenters. The van der Waals surface area contributed by atoms with Crippen LogP contribution in [-0.4, -0.2) is 42.0 Å².